The Bertz CT molecular complexity index is 261. The zero-order valence-electron chi connectivity index (χ0n) is 7.62. The van der Waals surface area contributed by atoms with Gasteiger partial charge in [-0.1, -0.05) is 0 Å². The molecule has 5 heteroatoms. The second-order valence-electron chi connectivity index (χ2n) is 3.52. The van der Waals surface area contributed by atoms with Gasteiger partial charge in [0.2, 0.25) is 0 Å². The molecule has 0 aromatic heterocycles. The first-order valence-electron chi connectivity index (χ1n) is 3.63. The molecule has 0 aromatic carbocycles. The van der Waals surface area contributed by atoms with Gasteiger partial charge in [0.15, 0.2) is 5.78 Å². The Labute approximate surface area is 73.1 Å². The second-order valence-corrected chi connectivity index (χ2v) is 5.78. The summed E-state index contributed by atoms with van der Waals surface area (Å²) in [5.41, 5.74) is 4.54. The van der Waals surface area contributed by atoms with Crippen LogP contribution in [-0.4, -0.2) is 31.7 Å². The molecule has 0 radical (unpaired) electrons. The van der Waals surface area contributed by atoms with E-state index in [1.54, 1.807) is 13.8 Å². The maximum Gasteiger partial charge on any atom is 0.153 e. The van der Waals surface area contributed by atoms with Crippen molar-refractivity contribution in [1.29, 1.82) is 0 Å². The summed E-state index contributed by atoms with van der Waals surface area (Å²) in [6.45, 7) is 3.13. The van der Waals surface area contributed by atoms with Crippen LogP contribution >= 0.6 is 0 Å². The van der Waals surface area contributed by atoms with Gasteiger partial charge in [0.05, 0.1) is 11.3 Å². The van der Waals surface area contributed by atoms with E-state index in [1.165, 1.54) is 0 Å². The highest BCUT2D eigenvalue weighted by molar-refractivity contribution is 7.90. The average Bonchev–Trinajstić information content (AvgIpc) is 1.78. The average molecular weight is 193 g/mol. The van der Waals surface area contributed by atoms with Crippen LogP contribution in [0.3, 0.4) is 0 Å². The lowest BCUT2D eigenvalue weighted by Gasteiger charge is -2.15. The number of sulfone groups is 1. The van der Waals surface area contributed by atoms with Crippen molar-refractivity contribution in [2.45, 2.75) is 25.8 Å². The fourth-order valence-corrected chi connectivity index (χ4v) is 1.16. The Morgan fingerprint density at radius 2 is 1.83 bits per heavy atom. The predicted molar refractivity (Wildman–Crippen MR) is 47.6 cm³/mol. The number of rotatable bonds is 4. The first-order chi connectivity index (χ1) is 5.13. The van der Waals surface area contributed by atoms with Crippen LogP contribution in [0.5, 0.6) is 0 Å². The summed E-state index contributed by atoms with van der Waals surface area (Å²) in [6, 6.07) is 0. The van der Waals surface area contributed by atoms with E-state index in [4.69, 9.17) is 5.73 Å². The maximum atomic E-state index is 11.1. The number of hydrogen-bond donors (Lipinski definition) is 1. The molecular formula is C7H15NO3S. The zero-order valence-corrected chi connectivity index (χ0v) is 8.44. The highest BCUT2D eigenvalue weighted by Gasteiger charge is 2.22. The molecule has 0 aliphatic carbocycles. The third kappa shape index (κ3) is 5.26. The van der Waals surface area contributed by atoms with Gasteiger partial charge in [0.1, 0.15) is 9.84 Å². The lowest BCUT2D eigenvalue weighted by atomic mass is 9.99. The fraction of sp³-hybridized carbons (Fsp3) is 0.857. The minimum Gasteiger partial charge on any atom is -0.319 e. The molecule has 0 aliphatic heterocycles. The first-order valence-corrected chi connectivity index (χ1v) is 5.69. The number of Topliss-reactive ketones (excluding diaryl/α,β-unsaturated/α-hetero) is 1. The van der Waals surface area contributed by atoms with Crippen molar-refractivity contribution in [3.63, 3.8) is 0 Å². The number of ketones is 1. The molecule has 0 rings (SSSR count). The van der Waals surface area contributed by atoms with E-state index in [2.05, 4.69) is 0 Å². The van der Waals surface area contributed by atoms with Gasteiger partial charge in [-0.05, 0) is 13.8 Å². The largest absolute Gasteiger partial charge is 0.319 e. The van der Waals surface area contributed by atoms with Crippen molar-refractivity contribution in [2.24, 2.45) is 5.73 Å². The molecule has 0 fully saturated rings. The molecule has 0 aliphatic rings. The molecule has 4 nitrogen and oxygen atoms in total. The lowest BCUT2D eigenvalue weighted by Crippen LogP contribution is -2.42. The molecule has 0 heterocycles. The van der Waals surface area contributed by atoms with Crippen molar-refractivity contribution in [2.75, 3.05) is 12.0 Å². The van der Waals surface area contributed by atoms with E-state index in [9.17, 15) is 13.2 Å². The minimum atomic E-state index is -3.06. The topological polar surface area (TPSA) is 77.2 Å². The van der Waals surface area contributed by atoms with E-state index in [0.717, 1.165) is 6.26 Å². The van der Waals surface area contributed by atoms with Crippen LogP contribution in [0.1, 0.15) is 20.3 Å². The summed E-state index contributed by atoms with van der Waals surface area (Å²) in [7, 11) is -3.06. The van der Waals surface area contributed by atoms with Crippen molar-refractivity contribution >= 4 is 15.6 Å². The molecule has 0 amide bonds. The summed E-state index contributed by atoms with van der Waals surface area (Å²) in [5.74, 6) is -0.347. The summed E-state index contributed by atoms with van der Waals surface area (Å²) in [5, 5.41) is 0. The monoisotopic (exact) mass is 193 g/mol. The highest BCUT2D eigenvalue weighted by Crippen LogP contribution is 2.03. The molecule has 0 unspecified atom stereocenters. The molecular weight excluding hydrogens is 178 g/mol. The zero-order chi connectivity index (χ0) is 9.99. The molecule has 0 saturated heterocycles. The van der Waals surface area contributed by atoms with E-state index in [0.29, 0.717) is 0 Å². The number of hydrogen-bond acceptors (Lipinski definition) is 4. The third-order valence-electron chi connectivity index (χ3n) is 1.42. The van der Waals surface area contributed by atoms with Crippen LogP contribution in [0, 0.1) is 0 Å². The number of carbonyl (C=O) groups excluding carboxylic acids is 1. The van der Waals surface area contributed by atoms with E-state index in [-0.39, 0.29) is 18.0 Å². The number of nitrogens with two attached hydrogens (primary N) is 1. The maximum absolute atomic E-state index is 11.1. The second kappa shape index (κ2) is 3.53. The minimum absolute atomic E-state index is 0.00231. The quantitative estimate of drug-likeness (QED) is 0.666. The summed E-state index contributed by atoms with van der Waals surface area (Å²) in [4.78, 5) is 11.1. The summed E-state index contributed by atoms with van der Waals surface area (Å²) >= 11 is 0. The van der Waals surface area contributed by atoms with Gasteiger partial charge < -0.3 is 5.73 Å². The summed E-state index contributed by atoms with van der Waals surface area (Å²) in [6.07, 6.45) is 1.10. The van der Waals surface area contributed by atoms with Crippen molar-refractivity contribution in [3.8, 4) is 0 Å². The van der Waals surface area contributed by atoms with Gasteiger partial charge in [0, 0.05) is 12.7 Å². The third-order valence-corrected chi connectivity index (χ3v) is 2.36. The van der Waals surface area contributed by atoms with Crippen LogP contribution in [0.2, 0.25) is 0 Å². The molecule has 0 atom stereocenters. The lowest BCUT2D eigenvalue weighted by molar-refractivity contribution is -0.122. The van der Waals surface area contributed by atoms with Gasteiger partial charge in [-0.25, -0.2) is 8.42 Å². The molecule has 72 valence electrons. The Morgan fingerprint density at radius 3 is 2.08 bits per heavy atom. The molecule has 0 aromatic rings. The van der Waals surface area contributed by atoms with Crippen LogP contribution in [0.25, 0.3) is 0 Å². The number of carbonyl (C=O) groups is 1. The van der Waals surface area contributed by atoms with Crippen LogP contribution < -0.4 is 5.73 Å². The van der Waals surface area contributed by atoms with Gasteiger partial charge in [-0.3, -0.25) is 4.79 Å². The Kier molecular flexibility index (Phi) is 3.41. The molecule has 12 heavy (non-hydrogen) atoms. The van der Waals surface area contributed by atoms with Crippen LogP contribution in [-0.2, 0) is 14.6 Å². The molecule has 0 saturated carbocycles. The Balaban J connectivity index is 4.07. The van der Waals surface area contributed by atoms with Crippen LogP contribution in [0.4, 0.5) is 0 Å². The van der Waals surface area contributed by atoms with Crippen LogP contribution in [0.15, 0.2) is 0 Å². The van der Waals surface area contributed by atoms with Gasteiger partial charge >= 0.3 is 0 Å². The predicted octanol–water partition coefficient (Wildman–Crippen LogP) is -0.272. The van der Waals surface area contributed by atoms with Crippen molar-refractivity contribution < 1.29 is 13.2 Å². The SMILES string of the molecule is CC(C)(N)C(=O)CCS(C)(=O)=O. The highest BCUT2D eigenvalue weighted by atomic mass is 32.2. The fourth-order valence-electron chi connectivity index (χ4n) is 0.600. The van der Waals surface area contributed by atoms with Gasteiger partial charge in [0.25, 0.3) is 0 Å². The summed E-state index contributed by atoms with van der Waals surface area (Å²) < 4.78 is 21.3. The van der Waals surface area contributed by atoms with E-state index >= 15 is 0 Å². The molecule has 0 spiro atoms. The standard InChI is InChI=1S/C7H15NO3S/c1-7(2,8)6(9)4-5-12(3,10)11/h4-5,8H2,1-3H3. The van der Waals surface area contributed by atoms with Gasteiger partial charge in [-0.2, -0.15) is 0 Å². The Morgan fingerprint density at radius 1 is 1.42 bits per heavy atom. The Hall–Kier alpha value is -0.420. The first kappa shape index (κ1) is 11.6. The van der Waals surface area contributed by atoms with Crippen molar-refractivity contribution in [1.82, 2.24) is 0 Å². The van der Waals surface area contributed by atoms with Crippen molar-refractivity contribution in [3.05, 3.63) is 0 Å². The van der Waals surface area contributed by atoms with Gasteiger partial charge in [-0.15, -0.1) is 0 Å². The van der Waals surface area contributed by atoms with E-state index < -0.39 is 15.4 Å². The normalized spacial score (nSPS) is 13.0. The molecule has 2 N–H and O–H groups in total. The smallest absolute Gasteiger partial charge is 0.153 e. The molecule has 0 bridgehead atoms. The van der Waals surface area contributed by atoms with E-state index in [1.807, 2.05) is 0 Å².